The van der Waals surface area contributed by atoms with Crippen LogP contribution in [0.5, 0.6) is 0 Å². The molecule has 2 nitrogen and oxygen atoms in total. The van der Waals surface area contributed by atoms with Crippen LogP contribution in [0.1, 0.15) is 33.1 Å². The molecule has 0 aromatic heterocycles. The molecule has 0 spiro atoms. The molecule has 68 valence electrons. The molecule has 0 bridgehead atoms. The van der Waals surface area contributed by atoms with E-state index in [1.807, 2.05) is 6.92 Å². The molecule has 12 heavy (non-hydrogen) atoms. The number of carbonyl (C=O) groups is 1. The Labute approximate surface area is 74.2 Å². The predicted molar refractivity (Wildman–Crippen MR) is 49.9 cm³/mol. The summed E-state index contributed by atoms with van der Waals surface area (Å²) < 4.78 is 0. The molecule has 0 radical (unpaired) electrons. The second-order valence-electron chi connectivity index (χ2n) is 3.44. The Morgan fingerprint density at radius 1 is 1.17 bits per heavy atom. The van der Waals surface area contributed by atoms with Gasteiger partial charge in [0.1, 0.15) is 0 Å². The minimum absolute atomic E-state index is 0.151. The molecule has 1 saturated heterocycles. The molecule has 0 saturated carbocycles. The van der Waals surface area contributed by atoms with Crippen LogP contribution in [0.4, 0.5) is 0 Å². The van der Waals surface area contributed by atoms with Crippen molar-refractivity contribution in [3.8, 4) is 0 Å². The third kappa shape index (κ3) is 2.68. The van der Waals surface area contributed by atoms with E-state index in [0.717, 1.165) is 18.8 Å². The second kappa shape index (κ2) is 4.29. The third-order valence-electron chi connectivity index (χ3n) is 2.27. The van der Waals surface area contributed by atoms with Crippen LogP contribution < -0.4 is 0 Å². The first kappa shape index (κ1) is 9.30. The van der Waals surface area contributed by atoms with Gasteiger partial charge in [0.15, 0.2) is 5.78 Å². The first-order valence-electron chi connectivity index (χ1n) is 4.64. The van der Waals surface area contributed by atoms with Crippen LogP contribution in [0.2, 0.25) is 0 Å². The highest BCUT2D eigenvalue weighted by Crippen LogP contribution is 2.13. The molecular weight excluding hydrogens is 150 g/mol. The Morgan fingerprint density at radius 2 is 1.75 bits per heavy atom. The normalized spacial score (nSPS) is 19.5. The second-order valence-corrected chi connectivity index (χ2v) is 3.44. The van der Waals surface area contributed by atoms with Crippen molar-refractivity contribution in [2.75, 3.05) is 13.1 Å². The van der Waals surface area contributed by atoms with Gasteiger partial charge in [0.2, 0.25) is 0 Å². The highest BCUT2D eigenvalue weighted by Gasteiger charge is 2.09. The van der Waals surface area contributed by atoms with Crippen LogP contribution in [0.3, 0.4) is 0 Å². The van der Waals surface area contributed by atoms with Crippen molar-refractivity contribution in [1.82, 2.24) is 4.90 Å². The summed E-state index contributed by atoms with van der Waals surface area (Å²) in [4.78, 5) is 13.1. The monoisotopic (exact) mass is 167 g/mol. The van der Waals surface area contributed by atoms with Gasteiger partial charge < -0.3 is 4.90 Å². The lowest BCUT2D eigenvalue weighted by Gasteiger charge is -2.29. The van der Waals surface area contributed by atoms with Crippen molar-refractivity contribution < 1.29 is 4.79 Å². The Hall–Kier alpha value is -0.790. The van der Waals surface area contributed by atoms with Gasteiger partial charge in [-0.05, 0) is 39.2 Å². The molecule has 0 aromatic carbocycles. The van der Waals surface area contributed by atoms with E-state index in [1.54, 1.807) is 13.0 Å². The highest BCUT2D eigenvalue weighted by atomic mass is 16.1. The van der Waals surface area contributed by atoms with Gasteiger partial charge in [0.25, 0.3) is 0 Å². The number of allylic oxidation sites excluding steroid dienone is 2. The zero-order valence-corrected chi connectivity index (χ0v) is 7.97. The van der Waals surface area contributed by atoms with Crippen LogP contribution in [-0.2, 0) is 4.79 Å². The molecule has 1 aliphatic rings. The van der Waals surface area contributed by atoms with E-state index < -0.39 is 0 Å². The van der Waals surface area contributed by atoms with Crippen molar-refractivity contribution in [3.05, 3.63) is 11.8 Å². The number of nitrogens with zero attached hydrogens (tertiary/aromatic N) is 1. The van der Waals surface area contributed by atoms with Gasteiger partial charge in [0.05, 0.1) is 0 Å². The maximum absolute atomic E-state index is 10.8. The summed E-state index contributed by atoms with van der Waals surface area (Å²) in [6.07, 6.45) is 5.60. The predicted octanol–water partition coefficient (Wildman–Crippen LogP) is 1.97. The molecule has 0 unspecified atom stereocenters. The standard InChI is InChI=1S/C10H17NO/c1-9(8-10(2)12)11-6-4-3-5-7-11/h8H,3-7H2,1-2H3. The van der Waals surface area contributed by atoms with Crippen molar-refractivity contribution in [2.45, 2.75) is 33.1 Å². The van der Waals surface area contributed by atoms with Crippen LogP contribution >= 0.6 is 0 Å². The summed E-state index contributed by atoms with van der Waals surface area (Å²) in [5.41, 5.74) is 1.13. The Bertz CT molecular complexity index is 190. The number of ketones is 1. The number of piperidine rings is 1. The first-order valence-corrected chi connectivity index (χ1v) is 4.64. The van der Waals surface area contributed by atoms with E-state index in [0.29, 0.717) is 0 Å². The van der Waals surface area contributed by atoms with Crippen molar-refractivity contribution in [2.24, 2.45) is 0 Å². The highest BCUT2D eigenvalue weighted by molar-refractivity contribution is 5.87. The molecule has 0 atom stereocenters. The van der Waals surface area contributed by atoms with Gasteiger partial charge in [-0.1, -0.05) is 0 Å². The van der Waals surface area contributed by atoms with Crippen molar-refractivity contribution in [3.63, 3.8) is 0 Å². The van der Waals surface area contributed by atoms with Crippen LogP contribution in [-0.4, -0.2) is 23.8 Å². The maximum atomic E-state index is 10.8. The largest absolute Gasteiger partial charge is 0.375 e. The average Bonchev–Trinajstić information content (AvgIpc) is 2.05. The fourth-order valence-electron chi connectivity index (χ4n) is 1.63. The van der Waals surface area contributed by atoms with Crippen LogP contribution in [0, 0.1) is 0 Å². The van der Waals surface area contributed by atoms with Crippen molar-refractivity contribution >= 4 is 5.78 Å². The van der Waals surface area contributed by atoms with Crippen LogP contribution in [0.15, 0.2) is 11.8 Å². The van der Waals surface area contributed by atoms with Gasteiger partial charge in [-0.2, -0.15) is 0 Å². The van der Waals surface area contributed by atoms with Gasteiger partial charge in [-0.15, -0.1) is 0 Å². The number of likely N-dealkylation sites (tertiary alicyclic amines) is 1. The lowest BCUT2D eigenvalue weighted by atomic mass is 10.1. The molecule has 1 fully saturated rings. The topological polar surface area (TPSA) is 20.3 Å². The fourth-order valence-corrected chi connectivity index (χ4v) is 1.63. The summed E-state index contributed by atoms with van der Waals surface area (Å²) >= 11 is 0. The molecular formula is C10H17NO. The van der Waals surface area contributed by atoms with Gasteiger partial charge >= 0.3 is 0 Å². The minimum Gasteiger partial charge on any atom is -0.375 e. The van der Waals surface area contributed by atoms with E-state index in [2.05, 4.69) is 4.90 Å². The van der Waals surface area contributed by atoms with E-state index in [1.165, 1.54) is 19.3 Å². The number of hydrogen-bond acceptors (Lipinski definition) is 2. The van der Waals surface area contributed by atoms with Gasteiger partial charge in [0, 0.05) is 18.8 Å². The van der Waals surface area contributed by atoms with E-state index >= 15 is 0 Å². The van der Waals surface area contributed by atoms with Gasteiger partial charge in [-0.3, -0.25) is 4.79 Å². The number of rotatable bonds is 2. The smallest absolute Gasteiger partial charge is 0.154 e. The average molecular weight is 167 g/mol. The Morgan fingerprint density at radius 3 is 2.25 bits per heavy atom. The zero-order valence-electron chi connectivity index (χ0n) is 7.97. The fraction of sp³-hybridized carbons (Fsp3) is 0.700. The van der Waals surface area contributed by atoms with Crippen LogP contribution in [0.25, 0.3) is 0 Å². The zero-order chi connectivity index (χ0) is 8.97. The Kier molecular flexibility index (Phi) is 3.32. The maximum Gasteiger partial charge on any atom is 0.154 e. The molecule has 0 amide bonds. The minimum atomic E-state index is 0.151. The van der Waals surface area contributed by atoms with E-state index in [9.17, 15) is 4.79 Å². The molecule has 0 aliphatic carbocycles. The van der Waals surface area contributed by atoms with E-state index in [4.69, 9.17) is 0 Å². The third-order valence-corrected chi connectivity index (χ3v) is 2.27. The summed E-state index contributed by atoms with van der Waals surface area (Å²) in [5, 5.41) is 0. The number of carbonyl (C=O) groups excluding carboxylic acids is 1. The SMILES string of the molecule is CC(=O)C=C(C)N1CCCCC1. The summed E-state index contributed by atoms with van der Waals surface area (Å²) in [6.45, 7) is 5.87. The quantitative estimate of drug-likeness (QED) is 0.586. The molecule has 1 heterocycles. The molecule has 1 rings (SSSR count). The lowest BCUT2D eigenvalue weighted by Crippen LogP contribution is -2.28. The molecule has 0 N–H and O–H groups in total. The summed E-state index contributed by atoms with van der Waals surface area (Å²) in [5.74, 6) is 0.151. The van der Waals surface area contributed by atoms with E-state index in [-0.39, 0.29) is 5.78 Å². The molecule has 1 aliphatic heterocycles. The Balaban J connectivity index is 2.49. The molecule has 0 aromatic rings. The summed E-state index contributed by atoms with van der Waals surface area (Å²) in [7, 11) is 0. The molecule has 2 heteroatoms. The van der Waals surface area contributed by atoms with Crippen molar-refractivity contribution in [1.29, 1.82) is 0 Å². The lowest BCUT2D eigenvalue weighted by molar-refractivity contribution is -0.112. The number of hydrogen-bond donors (Lipinski definition) is 0. The summed E-state index contributed by atoms with van der Waals surface area (Å²) in [6, 6.07) is 0. The first-order chi connectivity index (χ1) is 5.70. The van der Waals surface area contributed by atoms with Gasteiger partial charge in [-0.25, -0.2) is 0 Å².